The maximum atomic E-state index is 14.8. The van der Waals surface area contributed by atoms with Crippen LogP contribution in [0.3, 0.4) is 0 Å². The Kier molecular flexibility index (Phi) is 28.7. The molecular weight excluding hydrogens is 1140 g/mol. The van der Waals surface area contributed by atoms with Crippen LogP contribution in [0.1, 0.15) is 90.2 Å². The summed E-state index contributed by atoms with van der Waals surface area (Å²) in [4.78, 5) is 145. The van der Waals surface area contributed by atoms with Crippen molar-refractivity contribution in [3.05, 3.63) is 71.8 Å². The summed E-state index contributed by atoms with van der Waals surface area (Å²) in [6.45, 7) is 7.54. The number of benzene rings is 2. The van der Waals surface area contributed by atoms with Crippen molar-refractivity contribution in [1.29, 1.82) is 5.41 Å². The molecule has 2 fully saturated rings. The number of nitrogens with zero attached hydrogens (tertiary/aromatic N) is 3. The average molecular weight is 1220 g/mol. The molecule has 2 aromatic rings. The molecule has 0 unspecified atom stereocenters. The molecule has 0 spiro atoms. The van der Waals surface area contributed by atoms with E-state index >= 15 is 0 Å². The zero-order valence-electron chi connectivity index (χ0n) is 48.6. The van der Waals surface area contributed by atoms with Crippen LogP contribution in [0.25, 0.3) is 0 Å². The zero-order valence-corrected chi connectivity index (χ0v) is 50.4. The van der Waals surface area contributed by atoms with Crippen LogP contribution in [0.5, 0.6) is 0 Å². The van der Waals surface area contributed by atoms with Gasteiger partial charge in [-0.05, 0) is 88.2 Å². The number of piperidine rings is 1. The summed E-state index contributed by atoms with van der Waals surface area (Å²) in [6, 6.07) is 5.11. The first-order valence-electron chi connectivity index (χ1n) is 28.5. The Morgan fingerprint density at radius 2 is 1.08 bits per heavy atom. The van der Waals surface area contributed by atoms with Crippen molar-refractivity contribution in [1.82, 2.24) is 52.3 Å². The van der Waals surface area contributed by atoms with Crippen LogP contribution < -0.4 is 65.5 Å². The smallest absolute Gasteiger partial charge is 0.327 e. The van der Waals surface area contributed by atoms with Crippen molar-refractivity contribution in [3.8, 4) is 0 Å². The Morgan fingerprint density at radius 3 is 1.58 bits per heavy atom. The molecular formula is C56H86N16O11S2. The molecule has 2 aliphatic heterocycles. The number of carboxylic acids is 1. The van der Waals surface area contributed by atoms with Gasteiger partial charge in [0.2, 0.25) is 53.2 Å². The van der Waals surface area contributed by atoms with Gasteiger partial charge in [0.05, 0.1) is 6.04 Å². The van der Waals surface area contributed by atoms with E-state index in [0.717, 1.165) is 0 Å². The molecule has 27 nitrogen and oxygen atoms in total. The highest BCUT2D eigenvalue weighted by atomic mass is 32.1. The summed E-state index contributed by atoms with van der Waals surface area (Å²) in [7, 11) is 0. The standard InChI is InChI=1S/C56H86N16O11S2/c1-31(2)25-39(49(77)69-42(27-35-15-9-6-10-16-35)51(79)70-43(30-85)54(82)83)66-46(74)32(3)63-48(76)40(28-36-19-23-71(24-20-36)56(60)61)68-50(78)41(26-34-13-7-5-8-14-34)67-47(75)38(17-11-21-62-55(58)59)65-45(73)33(4)64-52(80)44-18-12-22-72(44)53(81)37(57)29-84/h5-10,13-16,31-33,36-44,84-85H,11-12,17-30,57H2,1-4H3,(H3,60,61)(H,63,76)(H,64,80)(H,65,73)(H,66,74)(H,67,75)(H,68,78)(H,69,77)(H,70,79)(H,82,83)(H4,58,59,62)/t32-,33-,37-,38-,39-,40-,41-,42-,43-,44-/m0/s1. The minimum Gasteiger partial charge on any atom is -0.480 e. The number of aliphatic carboxylic acids is 1. The number of thiol groups is 2. The lowest BCUT2D eigenvalue weighted by molar-refractivity contribution is -0.141. The van der Waals surface area contributed by atoms with E-state index in [9.17, 15) is 53.1 Å². The number of hydrogen-bond donors (Lipinski definition) is 16. The Labute approximate surface area is 506 Å². The molecule has 0 saturated carbocycles. The van der Waals surface area contributed by atoms with Gasteiger partial charge in [0.15, 0.2) is 11.9 Å². The molecule has 29 heteroatoms. The Hall–Kier alpha value is -7.66. The van der Waals surface area contributed by atoms with Crippen LogP contribution in [0.15, 0.2) is 65.7 Å². The van der Waals surface area contributed by atoms with E-state index in [1.807, 2.05) is 13.8 Å². The van der Waals surface area contributed by atoms with Crippen LogP contribution in [-0.2, 0) is 60.8 Å². The van der Waals surface area contributed by atoms with Crippen molar-refractivity contribution in [2.75, 3.05) is 37.7 Å². The fraction of sp³-hybridized carbons (Fsp3) is 0.571. The molecule has 0 radical (unpaired) electrons. The van der Waals surface area contributed by atoms with Gasteiger partial charge in [-0.15, -0.1) is 0 Å². The molecule has 2 heterocycles. The number of carbonyl (C=O) groups excluding carboxylic acids is 9. The number of nitrogens with one attached hydrogen (secondary N) is 9. The van der Waals surface area contributed by atoms with Gasteiger partial charge in [0.25, 0.3) is 0 Å². The number of carbonyl (C=O) groups is 10. The minimum absolute atomic E-state index is 0.0273. The Bertz CT molecular complexity index is 2650. The van der Waals surface area contributed by atoms with Crippen molar-refractivity contribution < 1.29 is 53.1 Å². The van der Waals surface area contributed by atoms with Gasteiger partial charge in [-0.25, -0.2) is 4.79 Å². The average Bonchev–Trinajstić information content (AvgIpc) is 4.23. The number of nitrogens with two attached hydrogens (primary N) is 4. The first kappa shape index (κ1) is 69.8. The fourth-order valence-corrected chi connectivity index (χ4v) is 10.2. The first-order chi connectivity index (χ1) is 40.3. The molecule has 468 valence electrons. The van der Waals surface area contributed by atoms with Crippen LogP contribution in [0.4, 0.5) is 0 Å². The number of likely N-dealkylation sites (tertiary alicyclic amines) is 2. The molecule has 4 rings (SSSR count). The number of aliphatic imine (C=N–C) groups is 1. The summed E-state index contributed by atoms with van der Waals surface area (Å²) in [5.41, 5.74) is 24.1. The maximum absolute atomic E-state index is 14.8. The highest BCUT2D eigenvalue weighted by Gasteiger charge is 2.39. The monoisotopic (exact) mass is 1220 g/mol. The topological polar surface area (TPSA) is 434 Å². The molecule has 9 amide bonds. The van der Waals surface area contributed by atoms with Crippen LogP contribution >= 0.6 is 25.3 Å². The second-order valence-electron chi connectivity index (χ2n) is 21.8. The van der Waals surface area contributed by atoms with Crippen LogP contribution in [-0.4, -0.2) is 184 Å². The predicted molar refractivity (Wildman–Crippen MR) is 325 cm³/mol. The lowest BCUT2D eigenvalue weighted by Gasteiger charge is -2.34. The highest BCUT2D eigenvalue weighted by molar-refractivity contribution is 7.80. The third-order valence-corrected chi connectivity index (χ3v) is 15.3. The van der Waals surface area contributed by atoms with E-state index in [4.69, 9.17) is 28.3 Å². The third kappa shape index (κ3) is 23.0. The van der Waals surface area contributed by atoms with Gasteiger partial charge >= 0.3 is 5.97 Å². The number of amides is 9. The largest absolute Gasteiger partial charge is 0.480 e. The van der Waals surface area contributed by atoms with Crippen LogP contribution in [0, 0.1) is 17.2 Å². The molecule has 85 heavy (non-hydrogen) atoms. The van der Waals surface area contributed by atoms with E-state index in [-0.39, 0.29) is 86.9 Å². The fourth-order valence-electron chi connectivity index (χ4n) is 9.78. The van der Waals surface area contributed by atoms with Gasteiger partial charge in [-0.2, -0.15) is 25.3 Å². The van der Waals surface area contributed by atoms with Crippen molar-refractivity contribution >= 4 is 96.3 Å². The molecule has 0 aliphatic carbocycles. The number of rotatable bonds is 32. The van der Waals surface area contributed by atoms with E-state index < -0.39 is 120 Å². The molecule has 0 aromatic heterocycles. The Balaban J connectivity index is 1.59. The van der Waals surface area contributed by atoms with Gasteiger partial charge < -0.3 is 80.4 Å². The van der Waals surface area contributed by atoms with E-state index in [1.54, 1.807) is 65.6 Å². The van der Waals surface area contributed by atoms with Gasteiger partial charge in [0.1, 0.15) is 54.4 Å². The van der Waals surface area contributed by atoms with E-state index in [2.05, 4.69) is 72.8 Å². The summed E-state index contributed by atoms with van der Waals surface area (Å²) in [5.74, 6) is -8.75. The number of hydrogen-bond acceptors (Lipinski definition) is 15. The van der Waals surface area contributed by atoms with Gasteiger partial charge in [-0.1, -0.05) is 74.5 Å². The van der Waals surface area contributed by atoms with Gasteiger partial charge in [0, 0.05) is 50.5 Å². The lowest BCUT2D eigenvalue weighted by atomic mass is 9.89. The predicted octanol–water partition coefficient (Wildman–Crippen LogP) is -2.25. The zero-order chi connectivity index (χ0) is 62.9. The summed E-state index contributed by atoms with van der Waals surface area (Å²) in [5, 5.41) is 38.9. The molecule has 2 aliphatic rings. The van der Waals surface area contributed by atoms with E-state index in [0.29, 0.717) is 49.9 Å². The third-order valence-electron chi connectivity index (χ3n) is 14.6. The minimum atomic E-state index is -1.38. The summed E-state index contributed by atoms with van der Waals surface area (Å²) in [6.07, 6.45) is 1.95. The molecule has 2 saturated heterocycles. The maximum Gasteiger partial charge on any atom is 0.327 e. The molecule has 2 aromatic carbocycles. The van der Waals surface area contributed by atoms with Crippen molar-refractivity contribution in [2.45, 2.75) is 152 Å². The quantitative estimate of drug-likeness (QED) is 0.0159. The summed E-state index contributed by atoms with van der Waals surface area (Å²) < 4.78 is 0. The summed E-state index contributed by atoms with van der Waals surface area (Å²) >= 11 is 8.15. The highest BCUT2D eigenvalue weighted by Crippen LogP contribution is 2.23. The molecule has 0 bridgehead atoms. The van der Waals surface area contributed by atoms with Crippen molar-refractivity contribution in [2.24, 2.45) is 39.8 Å². The number of carboxylic acid groups (broad SMARTS) is 1. The SMILES string of the molecule is CC(C)C[C@H](NC(=O)[C@H](C)NC(=O)[C@H](CC1CCN(C(=N)N)CC1)NC(=O)[C@H](Cc1ccccc1)NC(=O)[C@H](CCCN=C(N)N)NC(=O)[C@H](C)NC(=O)[C@@H]1CCCN1C(=O)[C@@H](N)CS)C(=O)N[C@@H](Cc1ccccc1)C(=O)N[C@@H](CS)C(=O)O. The first-order valence-corrected chi connectivity index (χ1v) is 29.7. The second-order valence-corrected chi connectivity index (χ2v) is 22.6. The lowest BCUT2D eigenvalue weighted by Crippen LogP contribution is -2.60. The van der Waals surface area contributed by atoms with E-state index in [1.165, 1.54) is 18.7 Å². The normalized spacial score (nSPS) is 17.4. The molecule has 10 atom stereocenters. The van der Waals surface area contributed by atoms with Gasteiger partial charge in [-0.3, -0.25) is 53.6 Å². The van der Waals surface area contributed by atoms with Crippen LogP contribution in [0.2, 0.25) is 0 Å². The Morgan fingerprint density at radius 1 is 0.612 bits per heavy atom. The molecule has 18 N–H and O–H groups in total. The van der Waals surface area contributed by atoms with Crippen molar-refractivity contribution in [3.63, 3.8) is 0 Å². The second kappa shape index (κ2) is 35.0. The number of guanidine groups is 2.